The van der Waals surface area contributed by atoms with Crippen LogP contribution in [-0.2, 0) is 0 Å². The third-order valence-electron chi connectivity index (χ3n) is 3.96. The van der Waals surface area contributed by atoms with Gasteiger partial charge < -0.3 is 10.1 Å². The summed E-state index contributed by atoms with van der Waals surface area (Å²) in [4.78, 5) is 0. The normalized spacial score (nSPS) is 32.2. The first-order valence-electron chi connectivity index (χ1n) is 6.79. The third-order valence-corrected chi connectivity index (χ3v) is 3.96. The molecule has 2 aliphatic heterocycles. The minimum Gasteiger partial charge on any atom is -0.490 e. The van der Waals surface area contributed by atoms with Gasteiger partial charge in [-0.15, -0.1) is 0 Å². The Hall–Kier alpha value is -1.02. The molecule has 2 unspecified atom stereocenters. The Kier molecular flexibility index (Phi) is 3.06. The molecule has 92 valence electrons. The van der Waals surface area contributed by atoms with Gasteiger partial charge in [0.05, 0.1) is 0 Å². The highest BCUT2D eigenvalue weighted by Crippen LogP contribution is 2.28. The lowest BCUT2D eigenvalue weighted by molar-refractivity contribution is 0.0927. The highest BCUT2D eigenvalue weighted by Gasteiger charge is 2.32. The van der Waals surface area contributed by atoms with Crippen molar-refractivity contribution in [1.29, 1.82) is 0 Å². The van der Waals surface area contributed by atoms with Crippen molar-refractivity contribution in [2.24, 2.45) is 0 Å². The van der Waals surface area contributed by atoms with Gasteiger partial charge in [-0.3, -0.25) is 0 Å². The zero-order valence-electron chi connectivity index (χ0n) is 10.5. The number of piperidine rings is 2. The molecule has 0 amide bonds. The Bertz CT molecular complexity index is 378. The molecule has 2 nitrogen and oxygen atoms in total. The molecule has 2 heteroatoms. The molecule has 2 bridgehead atoms. The maximum Gasteiger partial charge on any atom is 0.119 e. The van der Waals surface area contributed by atoms with E-state index in [4.69, 9.17) is 4.74 Å². The van der Waals surface area contributed by atoms with E-state index in [0.717, 1.165) is 5.75 Å². The smallest absolute Gasteiger partial charge is 0.119 e. The van der Waals surface area contributed by atoms with E-state index in [0.29, 0.717) is 18.2 Å². The summed E-state index contributed by atoms with van der Waals surface area (Å²) in [5, 5.41) is 3.70. The predicted octanol–water partition coefficient (Wildman–Crippen LogP) is 3.05. The number of benzene rings is 1. The van der Waals surface area contributed by atoms with Crippen LogP contribution in [0.2, 0.25) is 0 Å². The van der Waals surface area contributed by atoms with E-state index in [1.807, 2.05) is 0 Å². The summed E-state index contributed by atoms with van der Waals surface area (Å²) in [6.45, 7) is 2.12. The van der Waals surface area contributed by atoms with Crippen molar-refractivity contribution in [3.63, 3.8) is 0 Å². The Morgan fingerprint density at radius 3 is 2.65 bits per heavy atom. The van der Waals surface area contributed by atoms with E-state index in [9.17, 15) is 0 Å². The molecule has 2 heterocycles. The monoisotopic (exact) mass is 231 g/mol. The van der Waals surface area contributed by atoms with Crippen molar-refractivity contribution in [2.75, 3.05) is 0 Å². The van der Waals surface area contributed by atoms with Gasteiger partial charge >= 0.3 is 0 Å². The maximum atomic E-state index is 6.13. The van der Waals surface area contributed by atoms with Crippen molar-refractivity contribution in [3.8, 4) is 5.75 Å². The fraction of sp³-hybridized carbons (Fsp3) is 0.600. The number of rotatable bonds is 2. The van der Waals surface area contributed by atoms with Gasteiger partial charge in [-0.05, 0) is 50.3 Å². The van der Waals surface area contributed by atoms with Gasteiger partial charge in [0.1, 0.15) is 11.9 Å². The van der Waals surface area contributed by atoms with E-state index in [2.05, 4.69) is 36.5 Å². The van der Waals surface area contributed by atoms with E-state index >= 15 is 0 Å². The van der Waals surface area contributed by atoms with E-state index in [-0.39, 0.29) is 0 Å². The second-order valence-electron chi connectivity index (χ2n) is 5.52. The molecule has 1 aromatic carbocycles. The molecular weight excluding hydrogens is 210 g/mol. The second kappa shape index (κ2) is 4.69. The lowest BCUT2D eigenvalue weighted by Crippen LogP contribution is -2.51. The first-order valence-corrected chi connectivity index (χ1v) is 6.79. The molecule has 2 aliphatic rings. The predicted molar refractivity (Wildman–Crippen MR) is 69.4 cm³/mol. The largest absolute Gasteiger partial charge is 0.490 e. The Morgan fingerprint density at radius 2 is 1.94 bits per heavy atom. The molecule has 0 radical (unpaired) electrons. The van der Waals surface area contributed by atoms with Gasteiger partial charge in [0.15, 0.2) is 0 Å². The summed E-state index contributed by atoms with van der Waals surface area (Å²) < 4.78 is 6.13. The minimum atomic E-state index is 0.411. The average molecular weight is 231 g/mol. The van der Waals surface area contributed by atoms with Crippen LogP contribution in [0.1, 0.15) is 37.7 Å². The summed E-state index contributed by atoms with van der Waals surface area (Å²) in [5.74, 6) is 1.04. The highest BCUT2D eigenvalue weighted by molar-refractivity contribution is 5.27. The minimum absolute atomic E-state index is 0.411. The maximum absolute atomic E-state index is 6.13. The van der Waals surface area contributed by atoms with Crippen molar-refractivity contribution in [1.82, 2.24) is 5.32 Å². The number of hydrogen-bond donors (Lipinski definition) is 1. The van der Waals surface area contributed by atoms with Gasteiger partial charge in [-0.25, -0.2) is 0 Å². The molecule has 0 aliphatic carbocycles. The molecule has 1 N–H and O–H groups in total. The van der Waals surface area contributed by atoms with Crippen LogP contribution in [0.4, 0.5) is 0 Å². The fourth-order valence-corrected chi connectivity index (χ4v) is 3.19. The Labute approximate surface area is 103 Å². The summed E-state index contributed by atoms with van der Waals surface area (Å²) >= 11 is 0. The van der Waals surface area contributed by atoms with Crippen LogP contribution in [0.5, 0.6) is 5.75 Å². The summed E-state index contributed by atoms with van der Waals surface area (Å²) in [5.41, 5.74) is 1.27. The summed E-state index contributed by atoms with van der Waals surface area (Å²) in [6, 6.07) is 9.79. The van der Waals surface area contributed by atoms with Gasteiger partial charge in [0.25, 0.3) is 0 Å². The zero-order valence-corrected chi connectivity index (χ0v) is 10.5. The number of aryl methyl sites for hydroxylation is 1. The highest BCUT2D eigenvalue weighted by atomic mass is 16.5. The van der Waals surface area contributed by atoms with E-state index < -0.39 is 0 Å². The quantitative estimate of drug-likeness (QED) is 0.844. The molecule has 0 spiro atoms. The average Bonchev–Trinajstić information content (AvgIpc) is 2.28. The molecule has 2 fully saturated rings. The lowest BCUT2D eigenvalue weighted by atomic mass is 9.85. The zero-order chi connectivity index (χ0) is 11.7. The molecule has 0 aromatic heterocycles. The molecule has 17 heavy (non-hydrogen) atoms. The van der Waals surface area contributed by atoms with Crippen molar-refractivity contribution in [3.05, 3.63) is 29.8 Å². The van der Waals surface area contributed by atoms with Crippen molar-refractivity contribution < 1.29 is 4.74 Å². The van der Waals surface area contributed by atoms with E-state index in [1.54, 1.807) is 0 Å². The Balaban J connectivity index is 1.65. The topological polar surface area (TPSA) is 21.3 Å². The third kappa shape index (κ3) is 2.63. The summed E-state index contributed by atoms with van der Waals surface area (Å²) in [6.07, 6.45) is 6.79. The Morgan fingerprint density at radius 1 is 1.18 bits per heavy atom. The first-order chi connectivity index (χ1) is 8.29. The van der Waals surface area contributed by atoms with Gasteiger partial charge in [0, 0.05) is 12.1 Å². The summed E-state index contributed by atoms with van der Waals surface area (Å²) in [7, 11) is 0. The fourth-order valence-electron chi connectivity index (χ4n) is 3.19. The van der Waals surface area contributed by atoms with E-state index in [1.165, 1.54) is 37.7 Å². The number of ether oxygens (including phenoxy) is 1. The van der Waals surface area contributed by atoms with Crippen LogP contribution in [0.25, 0.3) is 0 Å². The SMILES string of the molecule is Cc1cccc(OC2CC3CCCC(C2)N3)c1. The lowest BCUT2D eigenvalue weighted by Gasteiger charge is -2.40. The van der Waals surface area contributed by atoms with Crippen molar-refractivity contribution in [2.45, 2.75) is 57.2 Å². The molecule has 1 aromatic rings. The molecular formula is C15H21NO. The molecule has 3 rings (SSSR count). The van der Waals surface area contributed by atoms with Crippen LogP contribution in [-0.4, -0.2) is 18.2 Å². The number of fused-ring (bicyclic) bond motifs is 2. The number of nitrogens with one attached hydrogen (secondary N) is 1. The van der Waals surface area contributed by atoms with Crippen LogP contribution in [0.3, 0.4) is 0 Å². The van der Waals surface area contributed by atoms with Crippen LogP contribution < -0.4 is 10.1 Å². The first kappa shape index (κ1) is 11.1. The molecule has 0 saturated carbocycles. The van der Waals surface area contributed by atoms with Crippen LogP contribution in [0.15, 0.2) is 24.3 Å². The van der Waals surface area contributed by atoms with Gasteiger partial charge in [0.2, 0.25) is 0 Å². The van der Waals surface area contributed by atoms with Crippen molar-refractivity contribution >= 4 is 0 Å². The van der Waals surface area contributed by atoms with Gasteiger partial charge in [-0.2, -0.15) is 0 Å². The van der Waals surface area contributed by atoms with Gasteiger partial charge in [-0.1, -0.05) is 18.6 Å². The second-order valence-corrected chi connectivity index (χ2v) is 5.52. The standard InChI is InChI=1S/C15H21NO/c1-11-4-2-7-14(8-11)17-15-9-12-5-3-6-13(10-15)16-12/h2,4,7-8,12-13,15-16H,3,5-6,9-10H2,1H3. The molecule has 2 atom stereocenters. The number of hydrogen-bond acceptors (Lipinski definition) is 2. The molecule has 2 saturated heterocycles. The van der Waals surface area contributed by atoms with Crippen LogP contribution in [0, 0.1) is 6.92 Å². The van der Waals surface area contributed by atoms with Crippen LogP contribution >= 0.6 is 0 Å².